The number of amides is 2. The highest BCUT2D eigenvalue weighted by molar-refractivity contribution is 9.10. The molecule has 0 N–H and O–H groups in total. The van der Waals surface area contributed by atoms with Crippen LogP contribution in [0.25, 0.3) is 0 Å². The first-order chi connectivity index (χ1) is 6.65. The number of nitrogens with zero attached hydrogens (tertiary/aromatic N) is 1. The van der Waals surface area contributed by atoms with Gasteiger partial charge in [-0.3, -0.25) is 14.5 Å². The number of hydrogen-bond donors (Lipinski definition) is 0. The van der Waals surface area contributed by atoms with Gasteiger partial charge in [-0.05, 0) is 25.1 Å². The third-order valence-electron chi connectivity index (χ3n) is 2.25. The lowest BCUT2D eigenvalue weighted by Gasteiger charge is -2.08. The molecule has 0 fully saturated rings. The molecule has 1 heterocycles. The van der Waals surface area contributed by atoms with E-state index in [1.54, 1.807) is 25.1 Å². The van der Waals surface area contributed by atoms with E-state index in [1.807, 2.05) is 0 Å². The van der Waals surface area contributed by atoms with Crippen LogP contribution in [-0.4, -0.2) is 23.3 Å². The van der Waals surface area contributed by atoms with Crippen LogP contribution in [0, 0.1) is 0 Å². The minimum atomic E-state index is -0.200. The summed E-state index contributed by atoms with van der Waals surface area (Å²) >= 11 is 3.27. The second-order valence-corrected chi connectivity index (χ2v) is 3.96. The normalized spacial score (nSPS) is 14.9. The van der Waals surface area contributed by atoms with Crippen LogP contribution in [0.15, 0.2) is 22.7 Å². The predicted octanol–water partition coefficient (Wildman–Crippen LogP) is 2.06. The molecule has 0 saturated carbocycles. The van der Waals surface area contributed by atoms with Gasteiger partial charge in [-0.25, -0.2) is 0 Å². The molecule has 1 aliphatic heterocycles. The Hall–Kier alpha value is -1.16. The van der Waals surface area contributed by atoms with Crippen molar-refractivity contribution >= 4 is 27.7 Å². The van der Waals surface area contributed by atoms with E-state index in [2.05, 4.69) is 15.9 Å². The maximum Gasteiger partial charge on any atom is 0.261 e. The Labute approximate surface area is 89.8 Å². The van der Waals surface area contributed by atoms with Crippen LogP contribution < -0.4 is 0 Å². The van der Waals surface area contributed by atoms with Crippen LogP contribution >= 0.6 is 15.9 Å². The number of benzene rings is 1. The zero-order valence-electron chi connectivity index (χ0n) is 7.58. The van der Waals surface area contributed by atoms with Crippen LogP contribution in [0.2, 0.25) is 0 Å². The molecule has 2 rings (SSSR count). The Morgan fingerprint density at radius 1 is 1.21 bits per heavy atom. The van der Waals surface area contributed by atoms with Crippen LogP contribution in [0.4, 0.5) is 0 Å². The van der Waals surface area contributed by atoms with Crippen LogP contribution in [0.3, 0.4) is 0 Å². The van der Waals surface area contributed by atoms with Crippen molar-refractivity contribution in [1.29, 1.82) is 0 Å². The molecule has 1 aromatic carbocycles. The first kappa shape index (κ1) is 9.40. The van der Waals surface area contributed by atoms with E-state index in [9.17, 15) is 9.59 Å². The average molecular weight is 254 g/mol. The summed E-state index contributed by atoms with van der Waals surface area (Å²) in [5, 5.41) is 0. The summed E-state index contributed by atoms with van der Waals surface area (Å²) in [5.74, 6) is -0.395. The van der Waals surface area contributed by atoms with Gasteiger partial charge in [0.2, 0.25) is 0 Å². The fraction of sp³-hybridized carbons (Fsp3) is 0.200. The van der Waals surface area contributed by atoms with Crippen molar-refractivity contribution in [2.45, 2.75) is 6.92 Å². The first-order valence-corrected chi connectivity index (χ1v) is 5.10. The summed E-state index contributed by atoms with van der Waals surface area (Å²) in [6, 6.07) is 5.13. The first-order valence-electron chi connectivity index (χ1n) is 4.31. The van der Waals surface area contributed by atoms with Gasteiger partial charge in [-0.15, -0.1) is 0 Å². The maximum absolute atomic E-state index is 11.7. The lowest BCUT2D eigenvalue weighted by molar-refractivity contribution is 0.0663. The van der Waals surface area contributed by atoms with Gasteiger partial charge in [0.25, 0.3) is 11.8 Å². The minimum absolute atomic E-state index is 0.194. The zero-order valence-corrected chi connectivity index (χ0v) is 9.17. The van der Waals surface area contributed by atoms with E-state index in [0.717, 1.165) is 4.47 Å². The zero-order chi connectivity index (χ0) is 10.3. The van der Waals surface area contributed by atoms with Crippen molar-refractivity contribution in [1.82, 2.24) is 4.90 Å². The Kier molecular flexibility index (Phi) is 2.15. The topological polar surface area (TPSA) is 37.4 Å². The molecule has 0 unspecified atom stereocenters. The van der Waals surface area contributed by atoms with Crippen LogP contribution in [0.1, 0.15) is 27.6 Å². The molecule has 0 spiro atoms. The lowest BCUT2D eigenvalue weighted by Crippen LogP contribution is -2.29. The molecule has 4 heteroatoms. The molecule has 1 aromatic rings. The van der Waals surface area contributed by atoms with E-state index >= 15 is 0 Å². The van der Waals surface area contributed by atoms with Crippen LogP contribution in [0.5, 0.6) is 0 Å². The second-order valence-electron chi connectivity index (χ2n) is 3.04. The molecule has 0 bridgehead atoms. The van der Waals surface area contributed by atoms with Gasteiger partial charge < -0.3 is 0 Å². The molecule has 0 atom stereocenters. The van der Waals surface area contributed by atoms with E-state index in [1.165, 1.54) is 4.90 Å². The van der Waals surface area contributed by atoms with E-state index in [-0.39, 0.29) is 11.8 Å². The van der Waals surface area contributed by atoms with E-state index in [4.69, 9.17) is 0 Å². The highest BCUT2D eigenvalue weighted by atomic mass is 79.9. The van der Waals surface area contributed by atoms with Crippen molar-refractivity contribution in [2.75, 3.05) is 6.54 Å². The molecular weight excluding hydrogens is 246 g/mol. The lowest BCUT2D eigenvalue weighted by atomic mass is 10.1. The van der Waals surface area contributed by atoms with Gasteiger partial charge in [0.15, 0.2) is 0 Å². The molecule has 0 saturated heterocycles. The maximum atomic E-state index is 11.7. The number of fused-ring (bicyclic) bond motifs is 1. The Morgan fingerprint density at radius 2 is 1.86 bits per heavy atom. The molecule has 3 nitrogen and oxygen atoms in total. The average Bonchev–Trinajstić information content (AvgIpc) is 2.39. The third-order valence-corrected chi connectivity index (χ3v) is 2.74. The highest BCUT2D eigenvalue weighted by Gasteiger charge is 2.34. The predicted molar refractivity (Wildman–Crippen MR) is 55.2 cm³/mol. The molecule has 72 valence electrons. The summed E-state index contributed by atoms with van der Waals surface area (Å²) < 4.78 is 0.815. The monoisotopic (exact) mass is 253 g/mol. The summed E-state index contributed by atoms with van der Waals surface area (Å²) in [6.45, 7) is 2.21. The standard InChI is InChI=1S/C10H8BrNO2/c1-2-12-9(13)7-4-3-6(11)5-8(7)10(12)14/h3-5H,2H2,1H3. The van der Waals surface area contributed by atoms with E-state index in [0.29, 0.717) is 17.7 Å². The van der Waals surface area contributed by atoms with Crippen molar-refractivity contribution < 1.29 is 9.59 Å². The van der Waals surface area contributed by atoms with Crippen molar-refractivity contribution in [3.8, 4) is 0 Å². The molecule has 1 aliphatic rings. The number of carbonyl (C=O) groups excluding carboxylic acids is 2. The Balaban J connectivity index is 2.58. The van der Waals surface area contributed by atoms with Gasteiger partial charge in [-0.1, -0.05) is 15.9 Å². The van der Waals surface area contributed by atoms with Crippen molar-refractivity contribution in [3.63, 3.8) is 0 Å². The molecular formula is C10H8BrNO2. The van der Waals surface area contributed by atoms with Crippen molar-refractivity contribution in [3.05, 3.63) is 33.8 Å². The van der Waals surface area contributed by atoms with Gasteiger partial charge in [0.1, 0.15) is 0 Å². The Bertz CT molecular complexity index is 428. The molecule has 0 aromatic heterocycles. The largest absolute Gasteiger partial charge is 0.275 e. The second kappa shape index (κ2) is 3.20. The summed E-state index contributed by atoms with van der Waals surface area (Å²) in [6.07, 6.45) is 0. The minimum Gasteiger partial charge on any atom is -0.275 e. The number of rotatable bonds is 1. The van der Waals surface area contributed by atoms with Gasteiger partial charge in [0.05, 0.1) is 11.1 Å². The van der Waals surface area contributed by atoms with Crippen molar-refractivity contribution in [2.24, 2.45) is 0 Å². The van der Waals surface area contributed by atoms with Crippen LogP contribution in [-0.2, 0) is 0 Å². The fourth-order valence-electron chi connectivity index (χ4n) is 1.55. The Morgan fingerprint density at radius 3 is 2.50 bits per heavy atom. The summed E-state index contributed by atoms with van der Waals surface area (Å²) in [7, 11) is 0. The van der Waals surface area contributed by atoms with Gasteiger partial charge in [0, 0.05) is 11.0 Å². The van der Waals surface area contributed by atoms with E-state index < -0.39 is 0 Å². The quantitative estimate of drug-likeness (QED) is 0.719. The number of hydrogen-bond acceptors (Lipinski definition) is 2. The smallest absolute Gasteiger partial charge is 0.261 e. The molecule has 2 amide bonds. The number of imide groups is 1. The van der Waals surface area contributed by atoms with Gasteiger partial charge in [-0.2, -0.15) is 0 Å². The molecule has 0 aliphatic carbocycles. The SMILES string of the molecule is CCN1C(=O)c2ccc(Br)cc2C1=O. The fourth-order valence-corrected chi connectivity index (χ4v) is 1.91. The third kappa shape index (κ3) is 1.18. The number of carbonyl (C=O) groups is 2. The summed E-state index contributed by atoms with van der Waals surface area (Å²) in [5.41, 5.74) is 0.992. The van der Waals surface area contributed by atoms with Gasteiger partial charge >= 0.3 is 0 Å². The summed E-state index contributed by atoms with van der Waals surface area (Å²) in [4.78, 5) is 24.6. The molecule has 0 radical (unpaired) electrons. The molecule has 14 heavy (non-hydrogen) atoms. The highest BCUT2D eigenvalue weighted by Crippen LogP contribution is 2.25. The number of halogens is 1.